The first-order valence-corrected chi connectivity index (χ1v) is 5.95. The Bertz CT molecular complexity index is 555. The van der Waals surface area contributed by atoms with Crippen molar-refractivity contribution >= 4 is 16.9 Å². The Balaban J connectivity index is 2.70. The van der Waals surface area contributed by atoms with Crippen LogP contribution in [-0.4, -0.2) is 17.1 Å². The lowest BCUT2D eigenvalue weighted by molar-refractivity contribution is 0.0527. The van der Waals surface area contributed by atoms with Crippen molar-refractivity contribution in [3.8, 4) is 0 Å². The van der Waals surface area contributed by atoms with Crippen molar-refractivity contribution in [1.82, 2.24) is 4.57 Å². The average Bonchev–Trinajstić information content (AvgIpc) is 2.61. The van der Waals surface area contributed by atoms with Gasteiger partial charge in [0.25, 0.3) is 0 Å². The molecule has 2 rings (SSSR count). The molecule has 17 heavy (non-hydrogen) atoms. The average molecular weight is 231 g/mol. The number of aromatic nitrogens is 1. The van der Waals surface area contributed by atoms with Crippen molar-refractivity contribution < 1.29 is 9.53 Å². The third-order valence-electron chi connectivity index (χ3n) is 3.03. The standard InChI is InChI=1S/C14H17NO2/c1-4-15-10(3)13(14(16)17-5-2)11-8-6-7-9-12(11)15/h6-9H,4-5H2,1-3H3. The Morgan fingerprint density at radius 2 is 2.00 bits per heavy atom. The molecule has 0 aliphatic rings. The lowest BCUT2D eigenvalue weighted by Gasteiger charge is -2.04. The van der Waals surface area contributed by atoms with Gasteiger partial charge < -0.3 is 9.30 Å². The topological polar surface area (TPSA) is 31.2 Å². The highest BCUT2D eigenvalue weighted by Gasteiger charge is 2.19. The third kappa shape index (κ3) is 1.82. The molecule has 0 N–H and O–H groups in total. The second-order valence-electron chi connectivity index (χ2n) is 3.94. The van der Waals surface area contributed by atoms with Crippen molar-refractivity contribution in [3.05, 3.63) is 35.5 Å². The predicted octanol–water partition coefficient (Wildman–Crippen LogP) is 3.15. The van der Waals surface area contributed by atoms with Crippen LogP contribution in [0.1, 0.15) is 29.9 Å². The summed E-state index contributed by atoms with van der Waals surface area (Å²) in [5.41, 5.74) is 2.77. The molecule has 3 heteroatoms. The van der Waals surface area contributed by atoms with Crippen LogP contribution >= 0.6 is 0 Å². The minimum atomic E-state index is -0.228. The molecule has 0 bridgehead atoms. The van der Waals surface area contributed by atoms with Crippen LogP contribution in [0.2, 0.25) is 0 Å². The summed E-state index contributed by atoms with van der Waals surface area (Å²) in [4.78, 5) is 12.0. The molecule has 1 aromatic carbocycles. The second-order valence-corrected chi connectivity index (χ2v) is 3.94. The maximum absolute atomic E-state index is 12.0. The lowest BCUT2D eigenvalue weighted by Crippen LogP contribution is -2.07. The van der Waals surface area contributed by atoms with Crippen LogP contribution in [0.4, 0.5) is 0 Å². The van der Waals surface area contributed by atoms with Gasteiger partial charge in [-0.25, -0.2) is 4.79 Å². The van der Waals surface area contributed by atoms with E-state index in [9.17, 15) is 4.79 Å². The van der Waals surface area contributed by atoms with Crippen LogP contribution < -0.4 is 0 Å². The summed E-state index contributed by atoms with van der Waals surface area (Å²) < 4.78 is 7.26. The summed E-state index contributed by atoms with van der Waals surface area (Å²) in [5.74, 6) is -0.228. The summed E-state index contributed by atoms with van der Waals surface area (Å²) in [5, 5.41) is 0.977. The van der Waals surface area contributed by atoms with E-state index < -0.39 is 0 Å². The number of fused-ring (bicyclic) bond motifs is 1. The molecule has 0 saturated carbocycles. The molecule has 90 valence electrons. The van der Waals surface area contributed by atoms with E-state index in [-0.39, 0.29) is 5.97 Å². The highest BCUT2D eigenvalue weighted by Crippen LogP contribution is 2.26. The van der Waals surface area contributed by atoms with Gasteiger partial charge in [-0.2, -0.15) is 0 Å². The Kier molecular flexibility index (Phi) is 3.18. The molecule has 0 spiro atoms. The first-order valence-electron chi connectivity index (χ1n) is 5.95. The Morgan fingerprint density at radius 3 is 2.65 bits per heavy atom. The van der Waals surface area contributed by atoms with E-state index in [1.165, 1.54) is 0 Å². The van der Waals surface area contributed by atoms with Crippen LogP contribution in [0.25, 0.3) is 10.9 Å². The normalized spacial score (nSPS) is 10.8. The summed E-state index contributed by atoms with van der Waals surface area (Å²) in [6, 6.07) is 7.95. The highest BCUT2D eigenvalue weighted by atomic mass is 16.5. The smallest absolute Gasteiger partial charge is 0.340 e. The number of hydrogen-bond donors (Lipinski definition) is 0. The molecule has 2 aromatic rings. The minimum Gasteiger partial charge on any atom is -0.462 e. The van der Waals surface area contributed by atoms with Crippen LogP contribution in [0.15, 0.2) is 24.3 Å². The number of carbonyl (C=O) groups excluding carboxylic acids is 1. The van der Waals surface area contributed by atoms with Crippen LogP contribution in [0.5, 0.6) is 0 Å². The number of nitrogens with zero attached hydrogens (tertiary/aromatic N) is 1. The Labute approximate surface area is 101 Å². The molecule has 0 aliphatic carbocycles. The SMILES string of the molecule is CCOC(=O)c1c(C)n(CC)c2ccccc12. The van der Waals surface area contributed by atoms with Crippen molar-refractivity contribution in [2.45, 2.75) is 27.3 Å². The van der Waals surface area contributed by atoms with Gasteiger partial charge in [0.15, 0.2) is 0 Å². The lowest BCUT2D eigenvalue weighted by atomic mass is 10.1. The van der Waals surface area contributed by atoms with Crippen molar-refractivity contribution in [3.63, 3.8) is 0 Å². The zero-order valence-electron chi connectivity index (χ0n) is 10.5. The number of ether oxygens (including phenoxy) is 1. The molecule has 1 heterocycles. The maximum Gasteiger partial charge on any atom is 0.340 e. The van der Waals surface area contributed by atoms with Crippen molar-refractivity contribution in [2.75, 3.05) is 6.61 Å². The molecule has 0 aliphatic heterocycles. The van der Waals surface area contributed by atoms with E-state index in [0.29, 0.717) is 12.2 Å². The monoisotopic (exact) mass is 231 g/mol. The minimum absolute atomic E-state index is 0.228. The number of para-hydroxylation sites is 1. The Hall–Kier alpha value is -1.77. The maximum atomic E-state index is 12.0. The fraction of sp³-hybridized carbons (Fsp3) is 0.357. The van der Waals surface area contributed by atoms with E-state index in [2.05, 4.69) is 11.5 Å². The van der Waals surface area contributed by atoms with Gasteiger partial charge in [0.2, 0.25) is 0 Å². The molecular weight excluding hydrogens is 214 g/mol. The number of rotatable bonds is 3. The molecule has 1 aromatic heterocycles. The number of carbonyl (C=O) groups is 1. The zero-order chi connectivity index (χ0) is 12.4. The summed E-state index contributed by atoms with van der Waals surface area (Å²) >= 11 is 0. The quantitative estimate of drug-likeness (QED) is 0.760. The fourth-order valence-corrected chi connectivity index (χ4v) is 2.30. The summed E-state index contributed by atoms with van der Waals surface area (Å²) in [6.07, 6.45) is 0. The van der Waals surface area contributed by atoms with E-state index in [1.54, 1.807) is 0 Å². The van der Waals surface area contributed by atoms with E-state index >= 15 is 0 Å². The van der Waals surface area contributed by atoms with Crippen molar-refractivity contribution in [1.29, 1.82) is 0 Å². The predicted molar refractivity (Wildman–Crippen MR) is 68.3 cm³/mol. The molecule has 0 saturated heterocycles. The van der Waals surface area contributed by atoms with Gasteiger partial charge in [0.05, 0.1) is 12.2 Å². The van der Waals surface area contributed by atoms with Crippen molar-refractivity contribution in [2.24, 2.45) is 0 Å². The summed E-state index contributed by atoms with van der Waals surface area (Å²) in [6.45, 7) is 7.13. The molecule has 0 unspecified atom stereocenters. The van der Waals surface area contributed by atoms with Gasteiger partial charge in [0, 0.05) is 23.1 Å². The fourth-order valence-electron chi connectivity index (χ4n) is 2.30. The van der Waals surface area contributed by atoms with Gasteiger partial charge in [0.1, 0.15) is 0 Å². The van der Waals surface area contributed by atoms with Gasteiger partial charge in [-0.3, -0.25) is 0 Å². The number of aryl methyl sites for hydroxylation is 1. The van der Waals surface area contributed by atoms with Crippen LogP contribution in [-0.2, 0) is 11.3 Å². The number of benzene rings is 1. The van der Waals surface area contributed by atoms with E-state index in [1.807, 2.05) is 38.1 Å². The molecular formula is C14H17NO2. The van der Waals surface area contributed by atoms with Gasteiger partial charge in [-0.15, -0.1) is 0 Å². The first kappa shape index (κ1) is 11.7. The molecule has 0 atom stereocenters. The van der Waals surface area contributed by atoms with Gasteiger partial charge >= 0.3 is 5.97 Å². The van der Waals surface area contributed by atoms with Crippen LogP contribution in [0, 0.1) is 6.92 Å². The van der Waals surface area contributed by atoms with E-state index in [0.717, 1.165) is 23.1 Å². The Morgan fingerprint density at radius 1 is 1.29 bits per heavy atom. The number of hydrogen-bond acceptors (Lipinski definition) is 2. The molecule has 0 fully saturated rings. The highest BCUT2D eigenvalue weighted by molar-refractivity contribution is 6.05. The van der Waals surface area contributed by atoms with E-state index in [4.69, 9.17) is 4.74 Å². The first-order chi connectivity index (χ1) is 8.20. The molecule has 3 nitrogen and oxygen atoms in total. The largest absolute Gasteiger partial charge is 0.462 e. The van der Waals surface area contributed by atoms with Gasteiger partial charge in [-0.05, 0) is 26.8 Å². The second kappa shape index (κ2) is 4.62. The van der Waals surface area contributed by atoms with Gasteiger partial charge in [-0.1, -0.05) is 18.2 Å². The molecule has 0 amide bonds. The van der Waals surface area contributed by atoms with Crippen LogP contribution in [0.3, 0.4) is 0 Å². The third-order valence-corrected chi connectivity index (χ3v) is 3.03. The zero-order valence-corrected chi connectivity index (χ0v) is 10.5. The summed E-state index contributed by atoms with van der Waals surface area (Å²) in [7, 11) is 0. The molecule has 0 radical (unpaired) electrons. The number of esters is 1.